The van der Waals surface area contributed by atoms with Gasteiger partial charge in [0.15, 0.2) is 5.96 Å². The standard InChI is InChI=1S/C21H29ClN6O/c1-23-21(27-7-6-17(15-27)14-26-8-10-29-11-9-26)24-12-18-13-25-28(16-18)20-4-2-19(22)3-5-20/h2-5,13,16-17H,6-12,14-15H2,1H3,(H,23,24). The summed E-state index contributed by atoms with van der Waals surface area (Å²) in [4.78, 5) is 9.39. The zero-order valence-electron chi connectivity index (χ0n) is 16.9. The molecule has 4 rings (SSSR count). The van der Waals surface area contributed by atoms with Crippen LogP contribution in [0.1, 0.15) is 12.0 Å². The molecule has 0 amide bonds. The van der Waals surface area contributed by atoms with Gasteiger partial charge in [0, 0.05) is 63.1 Å². The van der Waals surface area contributed by atoms with Crippen molar-refractivity contribution < 1.29 is 4.74 Å². The number of benzene rings is 1. The molecule has 2 aliphatic rings. The Hall–Kier alpha value is -2.09. The summed E-state index contributed by atoms with van der Waals surface area (Å²) in [6, 6.07) is 7.67. The quantitative estimate of drug-likeness (QED) is 0.598. The highest BCUT2D eigenvalue weighted by atomic mass is 35.5. The molecule has 1 aromatic carbocycles. The number of likely N-dealkylation sites (tertiary alicyclic amines) is 1. The number of halogens is 1. The molecule has 1 unspecified atom stereocenters. The van der Waals surface area contributed by atoms with Crippen molar-refractivity contribution in [2.24, 2.45) is 10.9 Å². The molecule has 0 spiro atoms. The zero-order chi connectivity index (χ0) is 20.1. The van der Waals surface area contributed by atoms with Crippen molar-refractivity contribution in [1.82, 2.24) is 24.9 Å². The van der Waals surface area contributed by atoms with Crippen molar-refractivity contribution in [3.63, 3.8) is 0 Å². The molecular weight excluding hydrogens is 388 g/mol. The first-order valence-electron chi connectivity index (χ1n) is 10.3. The minimum atomic E-state index is 0.694. The van der Waals surface area contributed by atoms with E-state index in [4.69, 9.17) is 16.3 Å². The smallest absolute Gasteiger partial charge is 0.193 e. The van der Waals surface area contributed by atoms with Crippen LogP contribution in [0, 0.1) is 5.92 Å². The van der Waals surface area contributed by atoms with Gasteiger partial charge in [-0.2, -0.15) is 5.10 Å². The van der Waals surface area contributed by atoms with Crippen molar-refractivity contribution in [1.29, 1.82) is 0 Å². The van der Waals surface area contributed by atoms with Gasteiger partial charge in [0.2, 0.25) is 0 Å². The van der Waals surface area contributed by atoms with Crippen LogP contribution in [0.4, 0.5) is 0 Å². The lowest BCUT2D eigenvalue weighted by molar-refractivity contribution is 0.0315. The van der Waals surface area contributed by atoms with Crippen molar-refractivity contribution >= 4 is 17.6 Å². The molecule has 2 fully saturated rings. The zero-order valence-corrected chi connectivity index (χ0v) is 17.7. The van der Waals surface area contributed by atoms with Crippen LogP contribution in [0.2, 0.25) is 5.02 Å². The van der Waals surface area contributed by atoms with Crippen LogP contribution in [0.15, 0.2) is 41.7 Å². The van der Waals surface area contributed by atoms with Crippen LogP contribution in [-0.2, 0) is 11.3 Å². The van der Waals surface area contributed by atoms with Gasteiger partial charge in [0.1, 0.15) is 0 Å². The van der Waals surface area contributed by atoms with Gasteiger partial charge < -0.3 is 15.0 Å². The normalized spacial score (nSPS) is 21.0. The Labute approximate surface area is 177 Å². The number of guanidine groups is 1. The second-order valence-electron chi connectivity index (χ2n) is 7.68. The Morgan fingerprint density at radius 3 is 2.79 bits per heavy atom. The lowest BCUT2D eigenvalue weighted by Gasteiger charge is -2.29. The molecule has 2 aromatic rings. The van der Waals surface area contributed by atoms with Crippen LogP contribution in [0.5, 0.6) is 0 Å². The molecule has 7 nitrogen and oxygen atoms in total. The summed E-state index contributed by atoms with van der Waals surface area (Å²) < 4.78 is 7.32. The van der Waals surface area contributed by atoms with E-state index >= 15 is 0 Å². The van der Waals surface area contributed by atoms with E-state index in [1.165, 1.54) is 6.42 Å². The number of rotatable bonds is 5. The van der Waals surface area contributed by atoms with E-state index in [-0.39, 0.29) is 0 Å². The molecule has 3 heterocycles. The number of nitrogens with one attached hydrogen (secondary N) is 1. The fourth-order valence-electron chi connectivity index (χ4n) is 4.02. The topological polar surface area (TPSA) is 57.9 Å². The lowest BCUT2D eigenvalue weighted by Crippen LogP contribution is -2.42. The molecule has 29 heavy (non-hydrogen) atoms. The molecule has 0 aliphatic carbocycles. The minimum Gasteiger partial charge on any atom is -0.379 e. The molecular formula is C21H29ClN6O. The van der Waals surface area contributed by atoms with Crippen molar-refractivity contribution in [2.45, 2.75) is 13.0 Å². The minimum absolute atomic E-state index is 0.694. The average molecular weight is 417 g/mol. The molecule has 1 atom stereocenters. The Morgan fingerprint density at radius 1 is 1.24 bits per heavy atom. The predicted molar refractivity (Wildman–Crippen MR) is 116 cm³/mol. The SMILES string of the molecule is CN=C(NCc1cnn(-c2ccc(Cl)cc2)c1)N1CCC(CN2CCOCC2)C1. The monoisotopic (exact) mass is 416 g/mol. The van der Waals surface area contributed by atoms with Gasteiger partial charge >= 0.3 is 0 Å². The van der Waals surface area contributed by atoms with Crippen LogP contribution >= 0.6 is 11.6 Å². The third kappa shape index (κ3) is 5.29. The van der Waals surface area contributed by atoms with Gasteiger partial charge in [-0.15, -0.1) is 0 Å². The van der Waals surface area contributed by atoms with Gasteiger partial charge in [-0.1, -0.05) is 11.6 Å². The van der Waals surface area contributed by atoms with E-state index in [9.17, 15) is 0 Å². The largest absolute Gasteiger partial charge is 0.379 e. The first-order valence-corrected chi connectivity index (χ1v) is 10.6. The van der Waals surface area contributed by atoms with Crippen LogP contribution in [0.3, 0.4) is 0 Å². The number of morpholine rings is 1. The highest BCUT2D eigenvalue weighted by Gasteiger charge is 2.27. The third-order valence-corrected chi connectivity index (χ3v) is 5.85. The predicted octanol–water partition coefficient (Wildman–Crippen LogP) is 2.26. The first-order chi connectivity index (χ1) is 14.2. The van der Waals surface area contributed by atoms with Crippen molar-refractivity contribution in [3.05, 3.63) is 47.2 Å². The summed E-state index contributed by atoms with van der Waals surface area (Å²) in [5.41, 5.74) is 2.11. The molecule has 8 heteroatoms. The average Bonchev–Trinajstić information content (AvgIpc) is 3.40. The molecule has 0 radical (unpaired) electrons. The summed E-state index contributed by atoms with van der Waals surface area (Å²) in [7, 11) is 1.86. The fourth-order valence-corrected chi connectivity index (χ4v) is 4.15. The molecule has 156 valence electrons. The second-order valence-corrected chi connectivity index (χ2v) is 8.12. The maximum absolute atomic E-state index is 5.97. The van der Waals surface area contributed by atoms with Gasteiger partial charge in [-0.3, -0.25) is 9.89 Å². The summed E-state index contributed by atoms with van der Waals surface area (Å²) in [5, 5.41) is 8.68. The molecule has 1 N–H and O–H groups in total. The van der Waals surface area contributed by atoms with Gasteiger partial charge in [-0.05, 0) is 36.6 Å². The third-order valence-electron chi connectivity index (χ3n) is 5.60. The van der Waals surface area contributed by atoms with Crippen molar-refractivity contribution in [3.8, 4) is 5.69 Å². The van der Waals surface area contributed by atoms with E-state index in [2.05, 4.69) is 25.2 Å². The summed E-state index contributed by atoms with van der Waals surface area (Å²) >= 11 is 5.97. The first kappa shape index (κ1) is 20.2. The van der Waals surface area contributed by atoms with E-state index < -0.39 is 0 Å². The summed E-state index contributed by atoms with van der Waals surface area (Å²) in [6.07, 6.45) is 5.14. The van der Waals surface area contributed by atoms with Gasteiger partial charge in [0.25, 0.3) is 0 Å². The Morgan fingerprint density at radius 2 is 2.03 bits per heavy atom. The second kappa shape index (κ2) is 9.61. The Bertz CT molecular complexity index is 815. The van der Waals surface area contributed by atoms with E-state index in [1.807, 2.05) is 48.4 Å². The lowest BCUT2D eigenvalue weighted by atomic mass is 10.1. The maximum atomic E-state index is 5.97. The van der Waals surface area contributed by atoms with Crippen molar-refractivity contribution in [2.75, 3.05) is 53.0 Å². The molecule has 0 saturated carbocycles. The maximum Gasteiger partial charge on any atom is 0.193 e. The number of hydrogen-bond acceptors (Lipinski definition) is 4. The van der Waals surface area contributed by atoms with E-state index in [1.54, 1.807) is 0 Å². The number of nitrogens with zero attached hydrogens (tertiary/aromatic N) is 5. The Kier molecular flexibility index (Phi) is 6.69. The van der Waals surface area contributed by atoms with E-state index in [0.29, 0.717) is 12.5 Å². The summed E-state index contributed by atoms with van der Waals surface area (Å²) in [5.74, 6) is 1.66. The highest BCUT2D eigenvalue weighted by Crippen LogP contribution is 2.18. The van der Waals surface area contributed by atoms with Gasteiger partial charge in [-0.25, -0.2) is 4.68 Å². The number of hydrogen-bond donors (Lipinski definition) is 1. The van der Waals surface area contributed by atoms with Crippen LogP contribution < -0.4 is 5.32 Å². The number of ether oxygens (including phenoxy) is 1. The number of aliphatic imine (C=N–C) groups is 1. The molecule has 1 aromatic heterocycles. The Balaban J connectivity index is 1.28. The van der Waals surface area contributed by atoms with Gasteiger partial charge in [0.05, 0.1) is 25.1 Å². The molecule has 2 saturated heterocycles. The molecule has 0 bridgehead atoms. The van der Waals surface area contributed by atoms with Crippen LogP contribution in [0.25, 0.3) is 5.69 Å². The van der Waals surface area contributed by atoms with Crippen LogP contribution in [-0.4, -0.2) is 78.5 Å². The molecule has 2 aliphatic heterocycles. The summed E-state index contributed by atoms with van der Waals surface area (Å²) in [6.45, 7) is 7.81. The fraction of sp³-hybridized carbons (Fsp3) is 0.524. The highest BCUT2D eigenvalue weighted by molar-refractivity contribution is 6.30. The van der Waals surface area contributed by atoms with E-state index in [0.717, 1.165) is 68.2 Å². The number of aromatic nitrogens is 2.